The van der Waals surface area contributed by atoms with Crippen LogP contribution < -0.4 is 9.46 Å². The summed E-state index contributed by atoms with van der Waals surface area (Å²) in [5.74, 6) is -0.589. The van der Waals surface area contributed by atoms with Crippen molar-refractivity contribution in [2.24, 2.45) is 0 Å². The summed E-state index contributed by atoms with van der Waals surface area (Å²) >= 11 is 0. The minimum atomic E-state index is -3.75. The molecule has 2 aromatic carbocycles. The molecule has 1 saturated heterocycles. The van der Waals surface area contributed by atoms with Crippen molar-refractivity contribution in [3.63, 3.8) is 0 Å². The maximum Gasteiger partial charge on any atom is 0.344 e. The molecule has 1 aliphatic heterocycles. The Balaban J connectivity index is 1.46. The van der Waals surface area contributed by atoms with E-state index in [0.29, 0.717) is 11.3 Å². The van der Waals surface area contributed by atoms with Gasteiger partial charge in [0.15, 0.2) is 6.61 Å². The van der Waals surface area contributed by atoms with Crippen molar-refractivity contribution in [2.45, 2.75) is 13.2 Å². The molecule has 0 unspecified atom stereocenters. The lowest BCUT2D eigenvalue weighted by atomic mass is 10.2. The summed E-state index contributed by atoms with van der Waals surface area (Å²) in [6, 6.07) is 15.9. The van der Waals surface area contributed by atoms with Crippen molar-refractivity contribution in [3.8, 4) is 5.75 Å². The van der Waals surface area contributed by atoms with Crippen molar-refractivity contribution in [3.05, 3.63) is 65.7 Å². The standard InChI is InChI=1S/C18H18N2O6S/c21-17-11-20(27(23,24)19-17)10-14-6-8-16(9-7-14)25-13-18(22)26-12-15-4-2-1-3-5-15/h1-9H,10-13H2,(H,19,21). The zero-order chi connectivity index (χ0) is 19.3. The second-order valence-corrected chi connectivity index (χ2v) is 7.55. The Morgan fingerprint density at radius 2 is 1.74 bits per heavy atom. The van der Waals surface area contributed by atoms with E-state index in [1.165, 1.54) is 0 Å². The molecule has 3 rings (SSSR count). The van der Waals surface area contributed by atoms with Gasteiger partial charge in [-0.3, -0.25) is 4.79 Å². The van der Waals surface area contributed by atoms with Crippen LogP contribution in [0.5, 0.6) is 5.75 Å². The first kappa shape index (κ1) is 18.9. The Kier molecular flexibility index (Phi) is 5.72. The normalized spacial score (nSPS) is 15.9. The first-order chi connectivity index (χ1) is 12.9. The first-order valence-corrected chi connectivity index (χ1v) is 9.58. The highest BCUT2D eigenvalue weighted by molar-refractivity contribution is 7.88. The smallest absolute Gasteiger partial charge is 0.344 e. The lowest BCUT2D eigenvalue weighted by Gasteiger charge is -2.12. The van der Waals surface area contributed by atoms with E-state index in [0.717, 1.165) is 9.87 Å². The highest BCUT2D eigenvalue weighted by Crippen LogP contribution is 2.16. The number of nitrogens with zero attached hydrogens (tertiary/aromatic N) is 1. The van der Waals surface area contributed by atoms with E-state index in [9.17, 15) is 18.0 Å². The highest BCUT2D eigenvalue weighted by Gasteiger charge is 2.33. The fourth-order valence-corrected chi connectivity index (χ4v) is 3.53. The number of carbonyl (C=O) groups is 2. The van der Waals surface area contributed by atoms with Gasteiger partial charge in [-0.25, -0.2) is 9.52 Å². The zero-order valence-corrected chi connectivity index (χ0v) is 15.1. The molecule has 1 N–H and O–H groups in total. The molecule has 1 aliphatic rings. The van der Waals surface area contributed by atoms with Crippen molar-refractivity contribution < 1.29 is 27.5 Å². The largest absolute Gasteiger partial charge is 0.482 e. The van der Waals surface area contributed by atoms with E-state index >= 15 is 0 Å². The molecular weight excluding hydrogens is 372 g/mol. The molecule has 0 atom stereocenters. The monoisotopic (exact) mass is 390 g/mol. The lowest BCUT2D eigenvalue weighted by molar-refractivity contribution is -0.147. The van der Waals surface area contributed by atoms with Crippen molar-refractivity contribution in [1.29, 1.82) is 0 Å². The molecule has 0 aliphatic carbocycles. The van der Waals surface area contributed by atoms with Gasteiger partial charge in [-0.05, 0) is 23.3 Å². The van der Waals surface area contributed by atoms with Crippen molar-refractivity contribution in [1.82, 2.24) is 9.03 Å². The third kappa shape index (κ3) is 5.28. The van der Waals surface area contributed by atoms with Gasteiger partial charge in [0, 0.05) is 6.54 Å². The number of esters is 1. The van der Waals surface area contributed by atoms with Crippen LogP contribution in [-0.2, 0) is 37.7 Å². The Morgan fingerprint density at radius 1 is 1.04 bits per heavy atom. The molecular formula is C18H18N2O6S. The van der Waals surface area contributed by atoms with Crippen LogP contribution in [0.2, 0.25) is 0 Å². The molecule has 1 fully saturated rings. The number of amides is 1. The lowest BCUT2D eigenvalue weighted by Crippen LogP contribution is -2.29. The van der Waals surface area contributed by atoms with E-state index in [1.807, 2.05) is 35.1 Å². The van der Waals surface area contributed by atoms with E-state index in [2.05, 4.69) is 0 Å². The number of rotatable bonds is 7. The maximum absolute atomic E-state index is 11.7. The third-order valence-corrected chi connectivity index (χ3v) is 5.21. The van der Waals surface area contributed by atoms with E-state index in [-0.39, 0.29) is 26.3 Å². The number of hydrogen-bond acceptors (Lipinski definition) is 6. The third-order valence-electron chi connectivity index (χ3n) is 3.78. The van der Waals surface area contributed by atoms with Crippen molar-refractivity contribution in [2.75, 3.05) is 13.2 Å². The Labute approximate surface area is 156 Å². The van der Waals surface area contributed by atoms with Gasteiger partial charge in [0.25, 0.3) is 0 Å². The van der Waals surface area contributed by atoms with E-state index < -0.39 is 22.1 Å². The Bertz CT molecular complexity index is 913. The average molecular weight is 390 g/mol. The molecule has 0 aromatic heterocycles. The molecule has 0 saturated carbocycles. The summed E-state index contributed by atoms with van der Waals surface area (Å²) < 4.78 is 36.9. The average Bonchev–Trinajstić information content (AvgIpc) is 2.91. The maximum atomic E-state index is 11.7. The molecule has 142 valence electrons. The highest BCUT2D eigenvalue weighted by atomic mass is 32.2. The van der Waals surface area contributed by atoms with Gasteiger partial charge in [0.2, 0.25) is 5.91 Å². The molecule has 2 aromatic rings. The predicted octanol–water partition coefficient (Wildman–Crippen LogP) is 0.985. The van der Waals surface area contributed by atoms with E-state index in [1.54, 1.807) is 24.3 Å². The summed E-state index contributed by atoms with van der Waals surface area (Å²) in [5, 5.41) is 0. The fourth-order valence-electron chi connectivity index (χ4n) is 2.44. The molecule has 1 amide bonds. The van der Waals surface area contributed by atoms with Crippen LogP contribution >= 0.6 is 0 Å². The van der Waals surface area contributed by atoms with Crippen LogP contribution in [-0.4, -0.2) is 37.8 Å². The minimum Gasteiger partial charge on any atom is -0.482 e. The summed E-state index contributed by atoms with van der Waals surface area (Å²) in [7, 11) is -3.75. The van der Waals surface area contributed by atoms with Gasteiger partial charge in [0.05, 0.1) is 6.54 Å². The van der Waals surface area contributed by atoms with Gasteiger partial charge in [-0.2, -0.15) is 12.7 Å². The summed E-state index contributed by atoms with van der Waals surface area (Å²) in [6.07, 6.45) is 0. The quantitative estimate of drug-likeness (QED) is 0.708. The number of nitrogens with one attached hydrogen (secondary N) is 1. The minimum absolute atomic E-state index is 0.0699. The molecule has 8 nitrogen and oxygen atoms in total. The molecule has 1 heterocycles. The number of benzene rings is 2. The van der Waals surface area contributed by atoms with Gasteiger partial charge in [-0.1, -0.05) is 42.5 Å². The second kappa shape index (κ2) is 8.19. The zero-order valence-electron chi connectivity index (χ0n) is 14.3. The SMILES string of the molecule is O=C1CN(Cc2ccc(OCC(=O)OCc3ccccc3)cc2)S(=O)(=O)N1. The number of carbonyl (C=O) groups excluding carboxylic acids is 2. The number of hydrogen-bond donors (Lipinski definition) is 1. The molecule has 0 bridgehead atoms. The summed E-state index contributed by atoms with van der Waals surface area (Å²) in [5.41, 5.74) is 1.58. The van der Waals surface area contributed by atoms with Crippen LogP contribution in [0, 0.1) is 0 Å². The van der Waals surface area contributed by atoms with Gasteiger partial charge < -0.3 is 9.47 Å². The van der Waals surface area contributed by atoms with Crippen LogP contribution in [0.25, 0.3) is 0 Å². The van der Waals surface area contributed by atoms with Crippen LogP contribution in [0.15, 0.2) is 54.6 Å². The fraction of sp³-hybridized carbons (Fsp3) is 0.222. The van der Waals surface area contributed by atoms with Crippen LogP contribution in [0.4, 0.5) is 0 Å². The van der Waals surface area contributed by atoms with E-state index in [4.69, 9.17) is 9.47 Å². The number of ether oxygens (including phenoxy) is 2. The first-order valence-electron chi connectivity index (χ1n) is 8.14. The Hall–Kier alpha value is -2.91. The van der Waals surface area contributed by atoms with Crippen LogP contribution in [0.1, 0.15) is 11.1 Å². The second-order valence-electron chi connectivity index (χ2n) is 5.88. The van der Waals surface area contributed by atoms with Gasteiger partial charge in [-0.15, -0.1) is 0 Å². The molecule has 9 heteroatoms. The summed E-state index contributed by atoms with van der Waals surface area (Å²) in [4.78, 5) is 22.9. The summed E-state index contributed by atoms with van der Waals surface area (Å²) in [6.45, 7) is -0.182. The molecule has 27 heavy (non-hydrogen) atoms. The van der Waals surface area contributed by atoms with Gasteiger partial charge in [0.1, 0.15) is 12.4 Å². The Morgan fingerprint density at radius 3 is 2.37 bits per heavy atom. The molecule has 0 radical (unpaired) electrons. The van der Waals surface area contributed by atoms with Crippen molar-refractivity contribution >= 4 is 22.1 Å². The van der Waals surface area contributed by atoms with Gasteiger partial charge >= 0.3 is 16.2 Å². The topological polar surface area (TPSA) is 102 Å². The molecule has 0 spiro atoms. The van der Waals surface area contributed by atoms with Crippen LogP contribution in [0.3, 0.4) is 0 Å². The predicted molar refractivity (Wildman–Crippen MR) is 95.6 cm³/mol.